The second-order valence-corrected chi connectivity index (χ2v) is 12.5. The molecule has 1 fully saturated rings. The van der Waals surface area contributed by atoms with Gasteiger partial charge in [-0.05, 0) is 58.6 Å². The van der Waals surface area contributed by atoms with Gasteiger partial charge in [-0.15, -0.1) is 11.3 Å². The average molecular weight is 572 g/mol. The predicted molar refractivity (Wildman–Crippen MR) is 137 cm³/mol. The van der Waals surface area contributed by atoms with Crippen molar-refractivity contribution in [3.05, 3.63) is 41.2 Å². The first-order chi connectivity index (χ1) is 17.8. The van der Waals surface area contributed by atoms with Crippen LogP contribution in [0.3, 0.4) is 0 Å². The molecule has 0 atom stereocenters. The summed E-state index contributed by atoms with van der Waals surface area (Å²) in [7, 11) is -5.66. The lowest BCUT2D eigenvalue weighted by Crippen LogP contribution is -2.45. The molecule has 1 saturated carbocycles. The molecule has 2 aromatic heterocycles. The van der Waals surface area contributed by atoms with Crippen molar-refractivity contribution < 1.29 is 31.5 Å². The third-order valence-corrected chi connectivity index (χ3v) is 9.28. The first kappa shape index (κ1) is 27.9. The van der Waals surface area contributed by atoms with Gasteiger partial charge in [0.15, 0.2) is 5.82 Å². The fraction of sp³-hybridized carbons (Fsp3) is 0.458. The number of thiazole rings is 1. The number of aryl methyl sites for hydroxylation is 1. The van der Waals surface area contributed by atoms with Crippen molar-refractivity contribution in [3.63, 3.8) is 0 Å². The number of carboxylic acid groups (broad SMARTS) is 1. The molecule has 1 amide bonds. The summed E-state index contributed by atoms with van der Waals surface area (Å²) < 4.78 is 65.9. The van der Waals surface area contributed by atoms with E-state index < -0.39 is 26.3 Å². The SMILES string of the molecule is Cc1cc(Nc2ccc(-c3cnc(C4CCC(N(C(=O)O)C(C)C)CC4)s3)c(S(=O)(=O)C(F)(F)F)c2)n[nH]1. The number of sulfone groups is 1. The summed E-state index contributed by atoms with van der Waals surface area (Å²) in [4.78, 5) is 17.0. The smallest absolute Gasteiger partial charge is 0.465 e. The van der Waals surface area contributed by atoms with Gasteiger partial charge in [0.05, 0.1) is 14.8 Å². The molecule has 1 aromatic carbocycles. The van der Waals surface area contributed by atoms with E-state index in [4.69, 9.17) is 0 Å². The topological polar surface area (TPSA) is 128 Å². The maximum absolute atomic E-state index is 13.6. The van der Waals surface area contributed by atoms with Gasteiger partial charge in [0.25, 0.3) is 9.84 Å². The van der Waals surface area contributed by atoms with Gasteiger partial charge in [-0.1, -0.05) is 6.07 Å². The minimum Gasteiger partial charge on any atom is -0.465 e. The lowest BCUT2D eigenvalue weighted by Gasteiger charge is -2.37. The molecule has 0 bridgehead atoms. The van der Waals surface area contributed by atoms with E-state index in [-0.39, 0.29) is 29.3 Å². The van der Waals surface area contributed by atoms with E-state index in [1.54, 1.807) is 13.0 Å². The molecule has 4 rings (SSSR count). The third kappa shape index (κ3) is 5.65. The lowest BCUT2D eigenvalue weighted by molar-refractivity contribution is -0.0435. The van der Waals surface area contributed by atoms with Crippen LogP contribution in [0.25, 0.3) is 10.4 Å². The molecule has 0 radical (unpaired) electrons. The van der Waals surface area contributed by atoms with Gasteiger partial charge >= 0.3 is 11.6 Å². The average Bonchev–Trinajstić information content (AvgIpc) is 3.47. The Morgan fingerprint density at radius 3 is 2.45 bits per heavy atom. The van der Waals surface area contributed by atoms with Gasteiger partial charge in [0.1, 0.15) is 0 Å². The van der Waals surface area contributed by atoms with Crippen LogP contribution in [-0.2, 0) is 9.84 Å². The van der Waals surface area contributed by atoms with Gasteiger partial charge in [0.2, 0.25) is 0 Å². The van der Waals surface area contributed by atoms with Crippen molar-refractivity contribution in [1.82, 2.24) is 20.1 Å². The van der Waals surface area contributed by atoms with Crippen molar-refractivity contribution in [3.8, 4) is 10.4 Å². The monoisotopic (exact) mass is 571 g/mol. The molecule has 1 aliphatic carbocycles. The minimum atomic E-state index is -5.66. The van der Waals surface area contributed by atoms with Gasteiger partial charge in [-0.2, -0.15) is 18.3 Å². The van der Waals surface area contributed by atoms with Crippen molar-refractivity contribution in [2.75, 3.05) is 5.32 Å². The highest BCUT2D eigenvalue weighted by Crippen LogP contribution is 2.43. The van der Waals surface area contributed by atoms with Crippen LogP contribution in [-0.4, -0.2) is 57.3 Å². The number of nitrogens with zero attached hydrogens (tertiary/aromatic N) is 3. The number of carbonyl (C=O) groups is 1. The quantitative estimate of drug-likeness (QED) is 0.304. The zero-order valence-electron chi connectivity index (χ0n) is 20.9. The minimum absolute atomic E-state index is 0.0133. The zero-order valence-corrected chi connectivity index (χ0v) is 22.5. The van der Waals surface area contributed by atoms with Crippen molar-refractivity contribution in [2.24, 2.45) is 0 Å². The summed E-state index contributed by atoms with van der Waals surface area (Å²) >= 11 is 1.16. The fourth-order valence-electron chi connectivity index (χ4n) is 4.78. The molecular weight excluding hydrogens is 543 g/mol. The molecule has 9 nitrogen and oxygen atoms in total. The second-order valence-electron chi connectivity index (χ2n) is 9.57. The third-order valence-electron chi connectivity index (χ3n) is 6.56. The summed E-state index contributed by atoms with van der Waals surface area (Å²) in [5.41, 5.74) is -4.71. The Bertz CT molecular complexity index is 1410. The molecule has 0 saturated heterocycles. The number of hydrogen-bond acceptors (Lipinski definition) is 7. The Labute approximate surface area is 222 Å². The largest absolute Gasteiger partial charge is 0.501 e. The van der Waals surface area contributed by atoms with E-state index in [2.05, 4.69) is 20.5 Å². The first-order valence-electron chi connectivity index (χ1n) is 12.0. The van der Waals surface area contributed by atoms with Crippen molar-refractivity contribution in [2.45, 2.75) is 74.9 Å². The van der Waals surface area contributed by atoms with E-state index in [1.165, 1.54) is 23.2 Å². The Balaban J connectivity index is 1.61. The molecule has 3 aromatic rings. The van der Waals surface area contributed by atoms with Crippen LogP contribution in [0.2, 0.25) is 0 Å². The number of benzene rings is 1. The molecule has 38 heavy (non-hydrogen) atoms. The van der Waals surface area contributed by atoms with Crippen LogP contribution in [0.4, 0.5) is 29.5 Å². The molecule has 2 heterocycles. The molecule has 0 unspecified atom stereocenters. The van der Waals surface area contributed by atoms with E-state index in [9.17, 15) is 31.5 Å². The molecule has 14 heteroatoms. The lowest BCUT2D eigenvalue weighted by atomic mass is 9.85. The van der Waals surface area contributed by atoms with E-state index >= 15 is 0 Å². The number of aromatic amines is 1. The number of halogens is 3. The Morgan fingerprint density at radius 1 is 1.21 bits per heavy atom. The van der Waals surface area contributed by atoms with Crippen LogP contribution in [0.1, 0.15) is 56.2 Å². The van der Waals surface area contributed by atoms with Gasteiger partial charge in [-0.25, -0.2) is 18.2 Å². The van der Waals surface area contributed by atoms with E-state index in [0.717, 1.165) is 23.1 Å². The highest BCUT2D eigenvalue weighted by molar-refractivity contribution is 7.92. The Kier molecular flexibility index (Phi) is 7.75. The van der Waals surface area contributed by atoms with Crippen LogP contribution >= 0.6 is 11.3 Å². The van der Waals surface area contributed by atoms with Crippen LogP contribution in [0.5, 0.6) is 0 Å². The molecule has 1 aliphatic rings. The van der Waals surface area contributed by atoms with E-state index in [0.29, 0.717) is 41.4 Å². The number of rotatable bonds is 7. The van der Waals surface area contributed by atoms with Crippen molar-refractivity contribution >= 4 is 38.8 Å². The summed E-state index contributed by atoms with van der Waals surface area (Å²) in [5.74, 6) is 0.347. The fourth-order valence-corrected chi connectivity index (χ4v) is 6.97. The van der Waals surface area contributed by atoms with Crippen LogP contribution in [0, 0.1) is 6.92 Å². The normalized spacial score (nSPS) is 18.5. The summed E-state index contributed by atoms with van der Waals surface area (Å²) in [6.07, 6.45) is 3.08. The number of aromatic nitrogens is 3. The summed E-state index contributed by atoms with van der Waals surface area (Å²) in [6, 6.07) is 5.16. The number of alkyl halides is 3. The highest BCUT2D eigenvalue weighted by atomic mass is 32.2. The summed E-state index contributed by atoms with van der Waals surface area (Å²) in [5, 5.41) is 19.7. The molecular formula is C24H28F3N5O4S2. The number of anilines is 2. The molecule has 206 valence electrons. The second kappa shape index (κ2) is 10.6. The number of nitrogens with one attached hydrogen (secondary N) is 2. The molecule has 0 spiro atoms. The predicted octanol–water partition coefficient (Wildman–Crippen LogP) is 6.29. The Morgan fingerprint density at radius 2 is 1.89 bits per heavy atom. The highest BCUT2D eigenvalue weighted by Gasteiger charge is 2.48. The number of H-pyrrole nitrogens is 1. The molecule has 3 N–H and O–H groups in total. The number of amides is 1. The van der Waals surface area contributed by atoms with Crippen molar-refractivity contribution in [1.29, 1.82) is 0 Å². The maximum atomic E-state index is 13.6. The molecule has 0 aliphatic heterocycles. The Hall–Kier alpha value is -3.13. The summed E-state index contributed by atoms with van der Waals surface area (Å²) in [6.45, 7) is 5.41. The zero-order chi connectivity index (χ0) is 27.8. The van der Waals surface area contributed by atoms with Crippen LogP contribution < -0.4 is 5.32 Å². The van der Waals surface area contributed by atoms with Gasteiger partial charge in [0, 0.05) is 47.2 Å². The first-order valence-corrected chi connectivity index (χ1v) is 14.3. The van der Waals surface area contributed by atoms with Crippen LogP contribution in [0.15, 0.2) is 35.4 Å². The van der Waals surface area contributed by atoms with E-state index in [1.807, 2.05) is 13.8 Å². The van der Waals surface area contributed by atoms with Gasteiger partial charge < -0.3 is 15.3 Å². The number of hydrogen-bond donors (Lipinski definition) is 3. The maximum Gasteiger partial charge on any atom is 0.501 e. The van der Waals surface area contributed by atoms with Gasteiger partial charge in [-0.3, -0.25) is 5.10 Å². The standard InChI is InChI=1S/C24H28F3N5O4S2/c1-13(2)32(23(33)34)17-7-4-15(5-8-17)22-28-12-19(37-22)18-9-6-16(29-21-10-14(3)30-31-21)11-20(18)38(35,36)24(25,26)27/h6,9-13,15,17H,4-5,7-8H2,1-3H3,(H,33,34)(H2,29,30,31).